The Morgan fingerprint density at radius 3 is 2.42 bits per heavy atom. The van der Waals surface area contributed by atoms with E-state index < -0.39 is 0 Å². The first-order valence-electron chi connectivity index (χ1n) is 6.81. The van der Waals surface area contributed by atoms with Crippen LogP contribution in [0.3, 0.4) is 0 Å². The number of nitrogen functional groups attached to an aromatic ring is 1. The first-order valence-corrected chi connectivity index (χ1v) is 6.81. The van der Waals surface area contributed by atoms with Gasteiger partial charge in [-0.15, -0.1) is 0 Å². The lowest BCUT2D eigenvalue weighted by molar-refractivity contribution is 0.486. The Morgan fingerprint density at radius 2 is 1.84 bits per heavy atom. The fourth-order valence-electron chi connectivity index (χ4n) is 2.88. The van der Waals surface area contributed by atoms with E-state index in [2.05, 4.69) is 33.6 Å². The van der Waals surface area contributed by atoms with Crippen LogP contribution in [0.5, 0.6) is 0 Å². The van der Waals surface area contributed by atoms with E-state index in [0.717, 1.165) is 18.8 Å². The molecule has 4 nitrogen and oxygen atoms in total. The summed E-state index contributed by atoms with van der Waals surface area (Å²) in [4.78, 5) is 6.66. The topological polar surface area (TPSA) is 47.1 Å². The van der Waals surface area contributed by atoms with Crippen LogP contribution in [0.25, 0.3) is 0 Å². The Labute approximate surface area is 113 Å². The normalized spacial score (nSPS) is 16.8. The zero-order valence-electron chi connectivity index (χ0n) is 11.3. The average Bonchev–Trinajstić information content (AvgIpc) is 2.86. The fraction of sp³-hybridized carbons (Fsp3) is 0.400. The number of piperidine rings is 1. The minimum absolute atomic E-state index is 0.637. The molecule has 19 heavy (non-hydrogen) atoms. The van der Waals surface area contributed by atoms with Gasteiger partial charge in [0.15, 0.2) is 0 Å². The number of imidazole rings is 1. The fourth-order valence-corrected chi connectivity index (χ4v) is 2.88. The van der Waals surface area contributed by atoms with Crippen LogP contribution in [0, 0.1) is 0 Å². The lowest BCUT2D eigenvalue weighted by Gasteiger charge is -2.33. The molecule has 0 amide bonds. The van der Waals surface area contributed by atoms with Gasteiger partial charge in [-0.25, -0.2) is 4.98 Å². The molecule has 0 bridgehead atoms. The molecule has 0 unspecified atom stereocenters. The standard InChI is InChI=1S/C15H20N4/c1-18-11-17-10-15(18)12-6-8-19(9-7-12)14-4-2-13(16)3-5-14/h2-5,10-12H,6-9,16H2,1H3. The zero-order chi connectivity index (χ0) is 13.2. The lowest BCUT2D eigenvalue weighted by atomic mass is 9.93. The minimum atomic E-state index is 0.637. The summed E-state index contributed by atoms with van der Waals surface area (Å²) in [5, 5.41) is 0. The molecule has 2 N–H and O–H groups in total. The molecule has 2 heterocycles. The monoisotopic (exact) mass is 256 g/mol. The van der Waals surface area contributed by atoms with E-state index in [1.807, 2.05) is 24.7 Å². The smallest absolute Gasteiger partial charge is 0.0945 e. The molecule has 0 atom stereocenters. The SMILES string of the molecule is Cn1cncc1C1CCN(c2ccc(N)cc2)CC1. The van der Waals surface area contributed by atoms with Gasteiger partial charge >= 0.3 is 0 Å². The number of anilines is 2. The van der Waals surface area contributed by atoms with E-state index in [1.165, 1.54) is 24.2 Å². The van der Waals surface area contributed by atoms with E-state index in [1.54, 1.807) is 0 Å². The van der Waals surface area contributed by atoms with E-state index in [0.29, 0.717) is 5.92 Å². The Kier molecular flexibility index (Phi) is 3.15. The van der Waals surface area contributed by atoms with Gasteiger partial charge in [0.1, 0.15) is 0 Å². The van der Waals surface area contributed by atoms with Crippen LogP contribution in [0.4, 0.5) is 11.4 Å². The van der Waals surface area contributed by atoms with Gasteiger partial charge in [-0.2, -0.15) is 0 Å². The predicted molar refractivity (Wildman–Crippen MR) is 78.3 cm³/mol. The predicted octanol–water partition coefficient (Wildman–Crippen LogP) is 2.39. The zero-order valence-corrected chi connectivity index (χ0v) is 11.3. The van der Waals surface area contributed by atoms with Crippen LogP contribution in [0.1, 0.15) is 24.5 Å². The minimum Gasteiger partial charge on any atom is -0.399 e. The van der Waals surface area contributed by atoms with Crippen LogP contribution >= 0.6 is 0 Å². The van der Waals surface area contributed by atoms with Gasteiger partial charge in [0.05, 0.1) is 6.33 Å². The Hall–Kier alpha value is -1.97. The molecule has 1 fully saturated rings. The van der Waals surface area contributed by atoms with Crippen LogP contribution in [0.15, 0.2) is 36.8 Å². The number of nitrogens with zero attached hydrogens (tertiary/aromatic N) is 3. The molecule has 3 rings (SSSR count). The summed E-state index contributed by atoms with van der Waals surface area (Å²) in [5.74, 6) is 0.637. The van der Waals surface area contributed by atoms with Crippen molar-refractivity contribution < 1.29 is 0 Å². The maximum atomic E-state index is 5.73. The molecule has 1 aliphatic heterocycles. The van der Waals surface area contributed by atoms with Crippen molar-refractivity contribution in [3.8, 4) is 0 Å². The first-order chi connectivity index (χ1) is 9.24. The second-order valence-electron chi connectivity index (χ2n) is 5.28. The van der Waals surface area contributed by atoms with E-state index in [4.69, 9.17) is 5.73 Å². The number of rotatable bonds is 2. The van der Waals surface area contributed by atoms with Crippen molar-refractivity contribution in [2.75, 3.05) is 23.7 Å². The Bertz CT molecular complexity index is 536. The molecule has 1 saturated heterocycles. The maximum absolute atomic E-state index is 5.73. The van der Waals surface area contributed by atoms with Gasteiger partial charge in [0.25, 0.3) is 0 Å². The molecule has 100 valence electrons. The summed E-state index contributed by atoms with van der Waals surface area (Å²) < 4.78 is 2.14. The third-order valence-corrected chi connectivity index (χ3v) is 4.03. The highest BCUT2D eigenvalue weighted by Gasteiger charge is 2.22. The molecule has 0 radical (unpaired) electrons. The molecule has 0 spiro atoms. The number of aryl methyl sites for hydroxylation is 1. The van der Waals surface area contributed by atoms with E-state index in [-0.39, 0.29) is 0 Å². The molecule has 0 saturated carbocycles. The molecular weight excluding hydrogens is 236 g/mol. The average molecular weight is 256 g/mol. The van der Waals surface area contributed by atoms with E-state index in [9.17, 15) is 0 Å². The Morgan fingerprint density at radius 1 is 1.16 bits per heavy atom. The van der Waals surface area contributed by atoms with Crippen molar-refractivity contribution in [3.05, 3.63) is 42.5 Å². The number of nitrogens with two attached hydrogens (primary N) is 1. The summed E-state index contributed by atoms with van der Waals surface area (Å²) in [6.07, 6.45) is 6.26. The van der Waals surface area contributed by atoms with Crippen molar-refractivity contribution in [2.24, 2.45) is 7.05 Å². The van der Waals surface area contributed by atoms with Crippen LogP contribution < -0.4 is 10.6 Å². The third-order valence-electron chi connectivity index (χ3n) is 4.03. The third kappa shape index (κ3) is 2.43. The molecular formula is C15H20N4. The molecule has 1 aromatic heterocycles. The number of hydrogen-bond donors (Lipinski definition) is 1. The summed E-state index contributed by atoms with van der Waals surface area (Å²) in [5.41, 5.74) is 9.19. The van der Waals surface area contributed by atoms with Crippen LogP contribution in [-0.4, -0.2) is 22.6 Å². The summed E-state index contributed by atoms with van der Waals surface area (Å²) in [6.45, 7) is 2.19. The largest absolute Gasteiger partial charge is 0.399 e. The van der Waals surface area contributed by atoms with Gasteiger partial charge in [-0.1, -0.05) is 0 Å². The van der Waals surface area contributed by atoms with Gasteiger partial charge in [0, 0.05) is 49.3 Å². The highest BCUT2D eigenvalue weighted by Crippen LogP contribution is 2.30. The molecule has 0 aliphatic carbocycles. The molecule has 2 aromatic rings. The van der Waals surface area contributed by atoms with Gasteiger partial charge in [-0.05, 0) is 37.1 Å². The summed E-state index contributed by atoms with van der Waals surface area (Å²) in [6, 6.07) is 8.17. The van der Waals surface area contributed by atoms with Crippen molar-refractivity contribution in [2.45, 2.75) is 18.8 Å². The first kappa shape index (κ1) is 12.1. The van der Waals surface area contributed by atoms with Crippen molar-refractivity contribution in [3.63, 3.8) is 0 Å². The van der Waals surface area contributed by atoms with Crippen molar-refractivity contribution in [1.29, 1.82) is 0 Å². The second kappa shape index (κ2) is 4.96. The number of aromatic nitrogens is 2. The number of benzene rings is 1. The van der Waals surface area contributed by atoms with Gasteiger partial charge in [0.2, 0.25) is 0 Å². The van der Waals surface area contributed by atoms with Gasteiger partial charge < -0.3 is 15.2 Å². The second-order valence-corrected chi connectivity index (χ2v) is 5.28. The molecule has 1 aliphatic rings. The van der Waals surface area contributed by atoms with Crippen molar-refractivity contribution in [1.82, 2.24) is 9.55 Å². The summed E-state index contributed by atoms with van der Waals surface area (Å²) >= 11 is 0. The molecule has 1 aromatic carbocycles. The lowest BCUT2D eigenvalue weighted by Crippen LogP contribution is -2.33. The van der Waals surface area contributed by atoms with Crippen molar-refractivity contribution >= 4 is 11.4 Å². The summed E-state index contributed by atoms with van der Waals surface area (Å²) in [7, 11) is 2.08. The van der Waals surface area contributed by atoms with E-state index >= 15 is 0 Å². The molecule has 4 heteroatoms. The van der Waals surface area contributed by atoms with Crippen LogP contribution in [-0.2, 0) is 7.05 Å². The van der Waals surface area contributed by atoms with Gasteiger partial charge in [-0.3, -0.25) is 0 Å². The Balaban J connectivity index is 1.66. The maximum Gasteiger partial charge on any atom is 0.0945 e. The number of hydrogen-bond acceptors (Lipinski definition) is 3. The quantitative estimate of drug-likeness (QED) is 0.839. The highest BCUT2D eigenvalue weighted by atomic mass is 15.1. The highest BCUT2D eigenvalue weighted by molar-refractivity contribution is 5.53. The van der Waals surface area contributed by atoms with Crippen LogP contribution in [0.2, 0.25) is 0 Å².